The molecule has 0 atom stereocenters. The molecule has 150 valence electrons. The molecular formula is C21H18BrFN2O3S. The Bertz CT molecular complexity index is 1120. The van der Waals surface area contributed by atoms with Gasteiger partial charge in [0.15, 0.2) is 0 Å². The molecule has 8 heteroatoms. The van der Waals surface area contributed by atoms with Crippen LogP contribution in [0.25, 0.3) is 0 Å². The molecule has 0 aromatic heterocycles. The predicted molar refractivity (Wildman–Crippen MR) is 114 cm³/mol. The quantitative estimate of drug-likeness (QED) is 0.562. The molecule has 0 aliphatic heterocycles. The fraction of sp³-hybridized carbons (Fsp3) is 0.0952. The molecule has 0 bridgehead atoms. The van der Waals surface area contributed by atoms with Gasteiger partial charge in [-0.25, -0.2) is 12.8 Å². The molecule has 0 aliphatic rings. The average molecular weight is 477 g/mol. The molecule has 3 aromatic rings. The van der Waals surface area contributed by atoms with Crippen LogP contribution in [-0.4, -0.2) is 25.7 Å². The van der Waals surface area contributed by atoms with E-state index in [-0.39, 0.29) is 17.0 Å². The monoisotopic (exact) mass is 476 g/mol. The van der Waals surface area contributed by atoms with E-state index in [1.54, 1.807) is 0 Å². The van der Waals surface area contributed by atoms with Crippen molar-refractivity contribution in [3.05, 3.63) is 94.2 Å². The van der Waals surface area contributed by atoms with Gasteiger partial charge in [-0.2, -0.15) is 4.31 Å². The Hall–Kier alpha value is -2.55. The lowest BCUT2D eigenvalue weighted by atomic mass is 10.2. The number of nitrogens with zero attached hydrogens (tertiary/aromatic N) is 1. The summed E-state index contributed by atoms with van der Waals surface area (Å²) in [5, 5.41) is 2.57. The third-order valence-corrected chi connectivity index (χ3v) is 6.55. The number of carbonyl (C=O) groups excluding carboxylic acids is 1. The van der Waals surface area contributed by atoms with Crippen molar-refractivity contribution in [3.8, 4) is 0 Å². The lowest BCUT2D eigenvalue weighted by Gasteiger charge is -2.17. The van der Waals surface area contributed by atoms with E-state index in [2.05, 4.69) is 21.2 Å². The molecule has 0 spiro atoms. The molecule has 0 unspecified atom stereocenters. The third-order valence-electron chi connectivity index (χ3n) is 4.24. The minimum Gasteiger partial charge on any atom is -0.322 e. The Kier molecular flexibility index (Phi) is 6.46. The standard InChI is InChI=1S/C21H18BrFN2O3S/c1-25(14-15-5-3-2-4-6-15)29(27,28)18-10-8-17(9-11-18)24-21(26)19-13-16(22)7-12-20(19)23/h2-13H,14H2,1H3,(H,24,26). The molecule has 3 aromatic carbocycles. The Labute approximate surface area is 177 Å². The number of sulfonamides is 1. The van der Waals surface area contributed by atoms with E-state index in [1.807, 2.05) is 30.3 Å². The van der Waals surface area contributed by atoms with E-state index in [1.165, 1.54) is 53.8 Å². The van der Waals surface area contributed by atoms with Gasteiger partial charge in [0.2, 0.25) is 10.0 Å². The number of halogens is 2. The summed E-state index contributed by atoms with van der Waals surface area (Å²) in [7, 11) is -2.18. The minimum absolute atomic E-state index is 0.0996. The minimum atomic E-state index is -3.69. The molecule has 0 saturated carbocycles. The van der Waals surface area contributed by atoms with Gasteiger partial charge in [-0.15, -0.1) is 0 Å². The van der Waals surface area contributed by atoms with Crippen molar-refractivity contribution < 1.29 is 17.6 Å². The molecule has 5 nitrogen and oxygen atoms in total. The summed E-state index contributed by atoms with van der Waals surface area (Å²) in [6.45, 7) is 0.240. The van der Waals surface area contributed by atoms with Crippen molar-refractivity contribution in [2.24, 2.45) is 0 Å². The molecule has 0 fully saturated rings. The highest BCUT2D eigenvalue weighted by atomic mass is 79.9. The lowest BCUT2D eigenvalue weighted by Crippen LogP contribution is -2.26. The second kappa shape index (κ2) is 8.86. The zero-order valence-electron chi connectivity index (χ0n) is 15.5. The zero-order valence-corrected chi connectivity index (χ0v) is 17.9. The third kappa shape index (κ3) is 5.09. The summed E-state index contributed by atoms with van der Waals surface area (Å²) in [5.41, 5.74) is 1.12. The number of amides is 1. The zero-order chi connectivity index (χ0) is 21.0. The molecule has 0 aliphatic carbocycles. The van der Waals surface area contributed by atoms with Crippen LogP contribution in [0.4, 0.5) is 10.1 Å². The first-order valence-electron chi connectivity index (χ1n) is 8.64. The second-order valence-electron chi connectivity index (χ2n) is 6.35. The number of hydrogen-bond acceptors (Lipinski definition) is 3. The molecule has 0 saturated heterocycles. The van der Waals surface area contributed by atoms with Crippen molar-refractivity contribution in [1.82, 2.24) is 4.31 Å². The molecule has 29 heavy (non-hydrogen) atoms. The number of hydrogen-bond donors (Lipinski definition) is 1. The number of rotatable bonds is 6. The van der Waals surface area contributed by atoms with Crippen molar-refractivity contribution >= 4 is 37.5 Å². The van der Waals surface area contributed by atoms with Gasteiger partial charge in [0.1, 0.15) is 5.82 Å². The lowest BCUT2D eigenvalue weighted by molar-refractivity contribution is 0.102. The molecule has 1 N–H and O–H groups in total. The fourth-order valence-corrected chi connectivity index (χ4v) is 4.21. The van der Waals surface area contributed by atoms with Crippen LogP contribution < -0.4 is 5.32 Å². The summed E-state index contributed by atoms with van der Waals surface area (Å²) >= 11 is 3.20. The summed E-state index contributed by atoms with van der Waals surface area (Å²) in [5.74, 6) is -1.27. The Morgan fingerprint density at radius 1 is 1.03 bits per heavy atom. The maximum absolute atomic E-state index is 13.8. The first kappa shape index (κ1) is 21.2. The number of anilines is 1. The average Bonchev–Trinajstić information content (AvgIpc) is 2.71. The predicted octanol–water partition coefficient (Wildman–Crippen LogP) is 4.66. The first-order valence-corrected chi connectivity index (χ1v) is 10.9. The van der Waals surface area contributed by atoms with E-state index in [4.69, 9.17) is 0 Å². The van der Waals surface area contributed by atoms with Gasteiger partial charge in [0.25, 0.3) is 5.91 Å². The van der Waals surface area contributed by atoms with Crippen molar-refractivity contribution in [2.45, 2.75) is 11.4 Å². The Morgan fingerprint density at radius 3 is 2.34 bits per heavy atom. The SMILES string of the molecule is CN(Cc1ccccc1)S(=O)(=O)c1ccc(NC(=O)c2cc(Br)ccc2F)cc1. The number of carbonyl (C=O) groups is 1. The van der Waals surface area contributed by atoms with E-state index in [0.717, 1.165) is 5.56 Å². The largest absolute Gasteiger partial charge is 0.322 e. The fourth-order valence-electron chi connectivity index (χ4n) is 2.69. The van der Waals surface area contributed by atoms with Gasteiger partial charge >= 0.3 is 0 Å². The smallest absolute Gasteiger partial charge is 0.258 e. The molecule has 3 rings (SSSR count). The van der Waals surface area contributed by atoms with Crippen LogP contribution in [0.15, 0.2) is 82.2 Å². The van der Waals surface area contributed by atoms with Crippen LogP contribution in [-0.2, 0) is 16.6 Å². The van der Waals surface area contributed by atoms with Gasteiger partial charge in [-0.05, 0) is 48.0 Å². The van der Waals surface area contributed by atoms with Crippen LogP contribution in [0.2, 0.25) is 0 Å². The summed E-state index contributed by atoms with van der Waals surface area (Å²) in [6, 6.07) is 19.1. The van der Waals surface area contributed by atoms with Gasteiger partial charge in [-0.1, -0.05) is 46.3 Å². The molecule has 1 amide bonds. The maximum Gasteiger partial charge on any atom is 0.258 e. The first-order chi connectivity index (χ1) is 13.8. The van der Waals surface area contributed by atoms with Gasteiger partial charge in [-0.3, -0.25) is 4.79 Å². The van der Waals surface area contributed by atoms with Crippen LogP contribution in [0.5, 0.6) is 0 Å². The van der Waals surface area contributed by atoms with E-state index >= 15 is 0 Å². The number of nitrogens with one attached hydrogen (secondary N) is 1. The van der Waals surface area contributed by atoms with E-state index < -0.39 is 21.7 Å². The van der Waals surface area contributed by atoms with Crippen molar-refractivity contribution in [3.63, 3.8) is 0 Å². The molecule has 0 radical (unpaired) electrons. The summed E-state index contributed by atoms with van der Waals surface area (Å²) in [6.07, 6.45) is 0. The van der Waals surface area contributed by atoms with E-state index in [0.29, 0.717) is 10.2 Å². The number of benzene rings is 3. The summed E-state index contributed by atoms with van der Waals surface area (Å²) in [4.78, 5) is 12.4. The van der Waals surface area contributed by atoms with Crippen LogP contribution in [0, 0.1) is 5.82 Å². The highest BCUT2D eigenvalue weighted by Crippen LogP contribution is 2.21. The van der Waals surface area contributed by atoms with Crippen LogP contribution in [0.3, 0.4) is 0 Å². The molecular weight excluding hydrogens is 459 g/mol. The van der Waals surface area contributed by atoms with Crippen molar-refractivity contribution in [1.29, 1.82) is 0 Å². The highest BCUT2D eigenvalue weighted by molar-refractivity contribution is 9.10. The van der Waals surface area contributed by atoms with Crippen molar-refractivity contribution in [2.75, 3.05) is 12.4 Å². The van der Waals surface area contributed by atoms with Crippen LogP contribution in [0.1, 0.15) is 15.9 Å². The second-order valence-corrected chi connectivity index (χ2v) is 9.31. The summed E-state index contributed by atoms with van der Waals surface area (Å²) < 4.78 is 41.2. The Balaban J connectivity index is 1.73. The molecule has 0 heterocycles. The van der Waals surface area contributed by atoms with Gasteiger partial charge < -0.3 is 5.32 Å². The normalized spacial score (nSPS) is 11.4. The van der Waals surface area contributed by atoms with Gasteiger partial charge in [0, 0.05) is 23.8 Å². The maximum atomic E-state index is 13.8. The van der Waals surface area contributed by atoms with Gasteiger partial charge in [0.05, 0.1) is 10.5 Å². The topological polar surface area (TPSA) is 66.5 Å². The highest BCUT2D eigenvalue weighted by Gasteiger charge is 2.21. The Morgan fingerprint density at radius 2 is 1.69 bits per heavy atom. The van der Waals surface area contributed by atoms with E-state index in [9.17, 15) is 17.6 Å². The van der Waals surface area contributed by atoms with Crippen LogP contribution >= 0.6 is 15.9 Å².